The van der Waals surface area contributed by atoms with Crippen molar-refractivity contribution in [2.75, 3.05) is 6.61 Å². The number of sulfonamides is 1. The van der Waals surface area contributed by atoms with E-state index in [-0.39, 0.29) is 17.0 Å². The lowest BCUT2D eigenvalue weighted by molar-refractivity contribution is 0.266. The van der Waals surface area contributed by atoms with Gasteiger partial charge in [-0.05, 0) is 44.9 Å². The quantitative estimate of drug-likeness (QED) is 0.844. The van der Waals surface area contributed by atoms with Crippen molar-refractivity contribution in [3.05, 3.63) is 23.8 Å². The van der Waals surface area contributed by atoms with Crippen LogP contribution in [-0.2, 0) is 16.6 Å². The van der Waals surface area contributed by atoms with E-state index in [4.69, 9.17) is 4.74 Å². The molecular weight excluding hydrogens is 290 g/mol. The van der Waals surface area contributed by atoms with E-state index in [0.717, 1.165) is 25.7 Å². The van der Waals surface area contributed by atoms with Crippen LogP contribution in [0.4, 0.5) is 0 Å². The van der Waals surface area contributed by atoms with Gasteiger partial charge in [0.2, 0.25) is 10.0 Å². The monoisotopic (exact) mass is 313 g/mol. The summed E-state index contributed by atoms with van der Waals surface area (Å²) in [4.78, 5) is 0.170. The van der Waals surface area contributed by atoms with E-state index < -0.39 is 10.0 Å². The zero-order valence-corrected chi connectivity index (χ0v) is 13.4. The molecule has 1 fully saturated rings. The summed E-state index contributed by atoms with van der Waals surface area (Å²) in [7, 11) is -3.58. The molecule has 1 saturated carbocycles. The highest BCUT2D eigenvalue weighted by atomic mass is 32.2. The molecule has 0 aliphatic heterocycles. The Labute approximate surface area is 126 Å². The third-order valence-electron chi connectivity index (χ3n) is 3.90. The van der Waals surface area contributed by atoms with E-state index in [1.165, 1.54) is 12.1 Å². The van der Waals surface area contributed by atoms with Crippen LogP contribution in [0.25, 0.3) is 0 Å². The maximum absolute atomic E-state index is 12.5. The van der Waals surface area contributed by atoms with Crippen LogP contribution in [0.5, 0.6) is 5.75 Å². The van der Waals surface area contributed by atoms with Crippen LogP contribution in [0, 0.1) is 0 Å². The summed E-state index contributed by atoms with van der Waals surface area (Å²) in [5.41, 5.74) is 0.118. The second-order valence-corrected chi connectivity index (χ2v) is 7.42. The minimum atomic E-state index is -3.58. The fourth-order valence-electron chi connectivity index (χ4n) is 2.78. The smallest absolute Gasteiger partial charge is 0.241 e. The van der Waals surface area contributed by atoms with Crippen LogP contribution in [0.2, 0.25) is 0 Å². The minimum Gasteiger partial charge on any atom is -0.494 e. The first-order valence-corrected chi connectivity index (χ1v) is 8.79. The molecule has 21 heavy (non-hydrogen) atoms. The van der Waals surface area contributed by atoms with E-state index in [0.29, 0.717) is 17.9 Å². The lowest BCUT2D eigenvalue weighted by Gasteiger charge is -2.25. The summed E-state index contributed by atoms with van der Waals surface area (Å²) < 4.78 is 33.2. The van der Waals surface area contributed by atoms with Crippen LogP contribution in [0.3, 0.4) is 0 Å². The Kier molecular flexibility index (Phi) is 4.91. The van der Waals surface area contributed by atoms with E-state index >= 15 is 0 Å². The summed E-state index contributed by atoms with van der Waals surface area (Å²) in [6, 6.07) is 4.59. The molecule has 5 nitrogen and oxygen atoms in total. The van der Waals surface area contributed by atoms with Crippen molar-refractivity contribution in [1.82, 2.24) is 4.72 Å². The summed E-state index contributed by atoms with van der Waals surface area (Å²) >= 11 is 0. The van der Waals surface area contributed by atoms with Gasteiger partial charge in [0.1, 0.15) is 5.75 Å². The molecule has 1 aliphatic rings. The maximum atomic E-state index is 12.5. The Morgan fingerprint density at radius 3 is 2.57 bits per heavy atom. The Bertz CT molecular complexity index is 592. The zero-order valence-electron chi connectivity index (χ0n) is 12.6. The van der Waals surface area contributed by atoms with Gasteiger partial charge in [-0.3, -0.25) is 0 Å². The van der Waals surface area contributed by atoms with Crippen molar-refractivity contribution in [2.24, 2.45) is 0 Å². The fraction of sp³-hybridized carbons (Fsp3) is 0.600. The lowest BCUT2D eigenvalue weighted by Crippen LogP contribution is -2.43. The molecule has 0 bridgehead atoms. The van der Waals surface area contributed by atoms with Crippen LogP contribution in [0.15, 0.2) is 23.1 Å². The van der Waals surface area contributed by atoms with Crippen molar-refractivity contribution in [3.63, 3.8) is 0 Å². The lowest BCUT2D eigenvalue weighted by atomic mass is 10.0. The topological polar surface area (TPSA) is 75.6 Å². The number of benzene rings is 1. The number of nitrogens with one attached hydrogen (secondary N) is 1. The molecule has 0 atom stereocenters. The number of ether oxygens (including phenoxy) is 1. The highest BCUT2D eigenvalue weighted by Gasteiger charge is 2.33. The van der Waals surface area contributed by atoms with E-state index in [1.807, 2.05) is 13.8 Å². The van der Waals surface area contributed by atoms with Crippen molar-refractivity contribution < 1.29 is 18.3 Å². The van der Waals surface area contributed by atoms with Gasteiger partial charge in [0.15, 0.2) is 0 Å². The Morgan fingerprint density at radius 1 is 1.33 bits per heavy atom. The predicted octanol–water partition coefficient (Wildman–Crippen LogP) is 2.19. The van der Waals surface area contributed by atoms with E-state index in [1.54, 1.807) is 6.07 Å². The molecule has 0 spiro atoms. The van der Waals surface area contributed by atoms with Crippen molar-refractivity contribution >= 4 is 10.0 Å². The van der Waals surface area contributed by atoms with Gasteiger partial charge in [-0.1, -0.05) is 12.8 Å². The van der Waals surface area contributed by atoms with Crippen molar-refractivity contribution in [1.29, 1.82) is 0 Å². The zero-order chi connectivity index (χ0) is 15.5. The molecule has 1 aliphatic carbocycles. The first kappa shape index (κ1) is 16.3. The molecule has 2 N–H and O–H groups in total. The Morgan fingerprint density at radius 2 is 2.00 bits per heavy atom. The molecule has 0 heterocycles. The first-order chi connectivity index (χ1) is 9.90. The molecule has 2 rings (SSSR count). The standard InChI is InChI=1S/C15H23NO4S/c1-3-20-14-7-6-13(10-12(14)11-17)21(18,19)16-15(2)8-4-5-9-15/h6-7,10,16-17H,3-5,8-9,11H2,1-2H3. The molecule has 6 heteroatoms. The summed E-state index contributed by atoms with van der Waals surface area (Å²) in [5.74, 6) is 0.519. The van der Waals surface area contributed by atoms with Crippen LogP contribution in [-0.4, -0.2) is 25.7 Å². The Hall–Kier alpha value is -1.11. The van der Waals surface area contributed by atoms with Crippen LogP contribution >= 0.6 is 0 Å². The number of aliphatic hydroxyl groups excluding tert-OH is 1. The minimum absolute atomic E-state index is 0.170. The van der Waals surface area contributed by atoms with Gasteiger partial charge < -0.3 is 9.84 Å². The van der Waals surface area contributed by atoms with Gasteiger partial charge >= 0.3 is 0 Å². The van der Waals surface area contributed by atoms with Crippen molar-refractivity contribution in [3.8, 4) is 5.75 Å². The maximum Gasteiger partial charge on any atom is 0.241 e. The number of hydrogen-bond donors (Lipinski definition) is 2. The first-order valence-electron chi connectivity index (χ1n) is 7.31. The third-order valence-corrected chi connectivity index (χ3v) is 5.54. The number of rotatable bonds is 6. The van der Waals surface area contributed by atoms with Crippen LogP contribution < -0.4 is 9.46 Å². The van der Waals surface area contributed by atoms with E-state index in [9.17, 15) is 13.5 Å². The molecule has 118 valence electrons. The van der Waals surface area contributed by atoms with Gasteiger partial charge in [0.05, 0.1) is 18.1 Å². The van der Waals surface area contributed by atoms with Gasteiger partial charge in [0, 0.05) is 11.1 Å². The highest BCUT2D eigenvalue weighted by Crippen LogP contribution is 2.31. The SMILES string of the molecule is CCOc1ccc(S(=O)(=O)NC2(C)CCCC2)cc1CO. The third kappa shape index (κ3) is 3.75. The van der Waals surface area contributed by atoms with Gasteiger partial charge in [0.25, 0.3) is 0 Å². The average Bonchev–Trinajstić information content (AvgIpc) is 2.84. The number of aliphatic hydroxyl groups is 1. The second kappa shape index (κ2) is 6.34. The second-order valence-electron chi connectivity index (χ2n) is 5.73. The molecule has 1 aromatic carbocycles. The fourth-order valence-corrected chi connectivity index (χ4v) is 4.30. The Balaban J connectivity index is 2.27. The largest absolute Gasteiger partial charge is 0.494 e. The normalized spacial score (nSPS) is 17.9. The summed E-state index contributed by atoms with van der Waals surface area (Å²) in [5, 5.41) is 9.37. The summed E-state index contributed by atoms with van der Waals surface area (Å²) in [6.45, 7) is 4.00. The number of hydrogen-bond acceptors (Lipinski definition) is 4. The van der Waals surface area contributed by atoms with Gasteiger partial charge in [-0.25, -0.2) is 13.1 Å². The van der Waals surface area contributed by atoms with Gasteiger partial charge in [-0.2, -0.15) is 0 Å². The predicted molar refractivity (Wildman–Crippen MR) is 80.7 cm³/mol. The summed E-state index contributed by atoms with van der Waals surface area (Å²) in [6.07, 6.45) is 3.81. The van der Waals surface area contributed by atoms with E-state index in [2.05, 4.69) is 4.72 Å². The van der Waals surface area contributed by atoms with Crippen LogP contribution in [0.1, 0.15) is 45.1 Å². The molecule has 0 aromatic heterocycles. The molecule has 0 unspecified atom stereocenters. The average molecular weight is 313 g/mol. The highest BCUT2D eigenvalue weighted by molar-refractivity contribution is 7.89. The molecule has 0 amide bonds. The molecule has 0 radical (unpaired) electrons. The van der Waals surface area contributed by atoms with Crippen molar-refractivity contribution in [2.45, 2.75) is 56.6 Å². The van der Waals surface area contributed by atoms with Gasteiger partial charge in [-0.15, -0.1) is 0 Å². The molecule has 1 aromatic rings. The molecular formula is C15H23NO4S. The molecule has 0 saturated heterocycles.